The van der Waals surface area contributed by atoms with E-state index in [1.165, 1.54) is 0 Å². The molecule has 0 amide bonds. The highest BCUT2D eigenvalue weighted by molar-refractivity contribution is 5.28. The number of nitrogens with zero attached hydrogens (tertiary/aromatic N) is 1. The van der Waals surface area contributed by atoms with Crippen molar-refractivity contribution in [3.05, 3.63) is 29.8 Å². The summed E-state index contributed by atoms with van der Waals surface area (Å²) in [5, 5.41) is 12.5. The predicted octanol–water partition coefficient (Wildman–Crippen LogP) is 2.88. The minimum Gasteiger partial charge on any atom is -0.493 e. The maximum atomic E-state index is 9.24. The molecule has 0 fully saturated rings. The summed E-state index contributed by atoms with van der Waals surface area (Å²) in [7, 11) is 1.67. The first-order chi connectivity index (χ1) is 9.63. The number of methoxy groups -OCH3 is 1. The minimum atomic E-state index is -0.528. The first kappa shape index (κ1) is 16.5. The van der Waals surface area contributed by atoms with Gasteiger partial charge in [-0.1, -0.05) is 19.1 Å². The number of rotatable bonds is 9. The third-order valence-electron chi connectivity index (χ3n) is 3.09. The van der Waals surface area contributed by atoms with Gasteiger partial charge in [-0.05, 0) is 37.6 Å². The van der Waals surface area contributed by atoms with Gasteiger partial charge in [-0.25, -0.2) is 0 Å². The van der Waals surface area contributed by atoms with E-state index >= 15 is 0 Å². The lowest BCUT2D eigenvalue weighted by Crippen LogP contribution is -2.42. The van der Waals surface area contributed by atoms with Gasteiger partial charge >= 0.3 is 0 Å². The van der Waals surface area contributed by atoms with E-state index in [2.05, 4.69) is 18.3 Å². The van der Waals surface area contributed by atoms with Crippen molar-refractivity contribution in [2.24, 2.45) is 0 Å². The van der Waals surface area contributed by atoms with Gasteiger partial charge in [0, 0.05) is 13.5 Å². The van der Waals surface area contributed by atoms with Crippen LogP contribution < -0.4 is 10.1 Å². The van der Waals surface area contributed by atoms with Gasteiger partial charge in [0.15, 0.2) is 0 Å². The molecule has 4 nitrogen and oxygen atoms in total. The van der Waals surface area contributed by atoms with Crippen molar-refractivity contribution < 1.29 is 9.47 Å². The Kier molecular flexibility index (Phi) is 7.06. The standard InChI is InChI=1S/C16H24N2O2/c1-4-9-18-16(2,13-17)8-10-20-15-7-5-6-14(11-15)12-19-3/h5-7,11,18H,4,8-10,12H2,1-3H3. The van der Waals surface area contributed by atoms with E-state index in [9.17, 15) is 5.26 Å². The van der Waals surface area contributed by atoms with Crippen molar-refractivity contribution in [3.8, 4) is 11.8 Å². The molecule has 0 saturated heterocycles. The minimum absolute atomic E-state index is 0.511. The molecule has 1 rings (SSSR count). The Hall–Kier alpha value is -1.57. The normalized spacial score (nSPS) is 13.5. The topological polar surface area (TPSA) is 54.3 Å². The molecule has 0 bridgehead atoms. The second kappa shape index (κ2) is 8.57. The Bertz CT molecular complexity index is 442. The fourth-order valence-electron chi connectivity index (χ4n) is 1.85. The quantitative estimate of drug-likeness (QED) is 0.753. The summed E-state index contributed by atoms with van der Waals surface area (Å²) in [5.41, 5.74) is 0.553. The number of nitriles is 1. The molecule has 0 aliphatic carbocycles. The highest BCUT2D eigenvalue weighted by Gasteiger charge is 2.22. The van der Waals surface area contributed by atoms with E-state index in [-0.39, 0.29) is 0 Å². The Labute approximate surface area is 121 Å². The number of hydrogen-bond donors (Lipinski definition) is 1. The molecular formula is C16H24N2O2. The molecule has 1 aromatic rings. The molecule has 1 unspecified atom stereocenters. The number of benzene rings is 1. The SMILES string of the molecule is CCCNC(C)(C#N)CCOc1cccc(COC)c1. The van der Waals surface area contributed by atoms with Crippen LogP contribution in [-0.4, -0.2) is 25.8 Å². The molecule has 0 heterocycles. The molecule has 110 valence electrons. The summed E-state index contributed by atoms with van der Waals surface area (Å²) >= 11 is 0. The lowest BCUT2D eigenvalue weighted by molar-refractivity contribution is 0.184. The van der Waals surface area contributed by atoms with Crippen LogP contribution in [0.3, 0.4) is 0 Å². The zero-order valence-electron chi connectivity index (χ0n) is 12.6. The molecule has 0 spiro atoms. The van der Waals surface area contributed by atoms with E-state index in [1.807, 2.05) is 31.2 Å². The first-order valence-corrected chi connectivity index (χ1v) is 7.00. The van der Waals surface area contributed by atoms with E-state index in [0.29, 0.717) is 19.6 Å². The van der Waals surface area contributed by atoms with Crippen molar-refractivity contribution >= 4 is 0 Å². The van der Waals surface area contributed by atoms with Crippen molar-refractivity contribution in [1.82, 2.24) is 5.32 Å². The van der Waals surface area contributed by atoms with Crippen molar-refractivity contribution in [2.75, 3.05) is 20.3 Å². The molecule has 0 aliphatic heterocycles. The monoisotopic (exact) mass is 276 g/mol. The van der Waals surface area contributed by atoms with Crippen LogP contribution in [0.15, 0.2) is 24.3 Å². The summed E-state index contributed by atoms with van der Waals surface area (Å²) < 4.78 is 10.8. The molecule has 1 N–H and O–H groups in total. The highest BCUT2D eigenvalue weighted by Crippen LogP contribution is 2.16. The number of hydrogen-bond acceptors (Lipinski definition) is 4. The average Bonchev–Trinajstić information content (AvgIpc) is 2.46. The predicted molar refractivity (Wildman–Crippen MR) is 79.6 cm³/mol. The average molecular weight is 276 g/mol. The smallest absolute Gasteiger partial charge is 0.119 e. The fourth-order valence-corrected chi connectivity index (χ4v) is 1.85. The van der Waals surface area contributed by atoms with Gasteiger partial charge in [0.25, 0.3) is 0 Å². The molecule has 0 saturated carbocycles. The Morgan fingerprint density at radius 3 is 2.85 bits per heavy atom. The van der Waals surface area contributed by atoms with Crippen LogP contribution in [0.4, 0.5) is 0 Å². The Balaban J connectivity index is 2.46. The van der Waals surface area contributed by atoms with Gasteiger partial charge < -0.3 is 9.47 Å². The number of nitrogens with one attached hydrogen (secondary N) is 1. The van der Waals surface area contributed by atoms with Crippen LogP contribution >= 0.6 is 0 Å². The lowest BCUT2D eigenvalue weighted by Gasteiger charge is -2.23. The summed E-state index contributed by atoms with van der Waals surface area (Å²) in [6.45, 7) is 5.92. The van der Waals surface area contributed by atoms with E-state index in [1.54, 1.807) is 7.11 Å². The Morgan fingerprint density at radius 2 is 2.20 bits per heavy atom. The molecule has 20 heavy (non-hydrogen) atoms. The zero-order chi connectivity index (χ0) is 14.8. The summed E-state index contributed by atoms with van der Waals surface area (Å²) in [6, 6.07) is 10.1. The maximum Gasteiger partial charge on any atom is 0.119 e. The molecule has 0 radical (unpaired) electrons. The van der Waals surface area contributed by atoms with Crippen LogP contribution in [-0.2, 0) is 11.3 Å². The van der Waals surface area contributed by atoms with Crippen molar-refractivity contribution in [2.45, 2.75) is 38.8 Å². The van der Waals surface area contributed by atoms with Gasteiger partial charge in [-0.15, -0.1) is 0 Å². The molecule has 0 aliphatic rings. The third kappa shape index (κ3) is 5.60. The fraction of sp³-hybridized carbons (Fsp3) is 0.562. The lowest BCUT2D eigenvalue weighted by atomic mass is 10.0. The van der Waals surface area contributed by atoms with Crippen molar-refractivity contribution in [3.63, 3.8) is 0 Å². The van der Waals surface area contributed by atoms with Crippen LogP contribution in [0.1, 0.15) is 32.3 Å². The third-order valence-corrected chi connectivity index (χ3v) is 3.09. The zero-order valence-corrected chi connectivity index (χ0v) is 12.6. The van der Waals surface area contributed by atoms with Gasteiger partial charge in [-0.2, -0.15) is 5.26 Å². The summed E-state index contributed by atoms with van der Waals surface area (Å²) in [4.78, 5) is 0. The van der Waals surface area contributed by atoms with Gasteiger partial charge in [0.1, 0.15) is 11.3 Å². The first-order valence-electron chi connectivity index (χ1n) is 7.00. The molecule has 0 aromatic heterocycles. The van der Waals surface area contributed by atoms with Gasteiger partial charge in [-0.3, -0.25) is 5.32 Å². The van der Waals surface area contributed by atoms with Gasteiger partial charge in [0.05, 0.1) is 19.3 Å². The molecule has 1 atom stereocenters. The second-order valence-corrected chi connectivity index (χ2v) is 5.05. The summed E-state index contributed by atoms with van der Waals surface area (Å²) in [6.07, 6.45) is 1.66. The number of ether oxygens (including phenoxy) is 2. The second-order valence-electron chi connectivity index (χ2n) is 5.05. The molecule has 4 heteroatoms. The summed E-state index contributed by atoms with van der Waals surface area (Å²) in [5.74, 6) is 0.815. The van der Waals surface area contributed by atoms with Crippen LogP contribution in [0.25, 0.3) is 0 Å². The van der Waals surface area contributed by atoms with E-state index in [0.717, 1.165) is 24.3 Å². The van der Waals surface area contributed by atoms with E-state index in [4.69, 9.17) is 9.47 Å². The molecular weight excluding hydrogens is 252 g/mol. The van der Waals surface area contributed by atoms with Crippen LogP contribution in [0.5, 0.6) is 5.75 Å². The van der Waals surface area contributed by atoms with Crippen LogP contribution in [0.2, 0.25) is 0 Å². The van der Waals surface area contributed by atoms with E-state index < -0.39 is 5.54 Å². The highest BCUT2D eigenvalue weighted by atomic mass is 16.5. The maximum absolute atomic E-state index is 9.24. The molecule has 1 aromatic carbocycles. The Morgan fingerprint density at radius 1 is 1.40 bits per heavy atom. The van der Waals surface area contributed by atoms with Crippen LogP contribution in [0, 0.1) is 11.3 Å². The van der Waals surface area contributed by atoms with Crippen molar-refractivity contribution in [1.29, 1.82) is 5.26 Å². The van der Waals surface area contributed by atoms with Gasteiger partial charge in [0.2, 0.25) is 0 Å². The largest absolute Gasteiger partial charge is 0.493 e.